The topological polar surface area (TPSA) is 86.9 Å². The van der Waals surface area contributed by atoms with Crippen LogP contribution in [0.15, 0.2) is 28.8 Å². The zero-order chi connectivity index (χ0) is 20.5. The van der Waals surface area contributed by atoms with Crippen LogP contribution in [0.1, 0.15) is 36.2 Å². The summed E-state index contributed by atoms with van der Waals surface area (Å²) < 4.78 is 32.3. The van der Waals surface area contributed by atoms with Gasteiger partial charge in [0.05, 0.1) is 11.5 Å². The van der Waals surface area contributed by atoms with Gasteiger partial charge in [0.15, 0.2) is 11.5 Å². The molecule has 0 spiro atoms. The molecule has 0 radical (unpaired) electrons. The van der Waals surface area contributed by atoms with Crippen LogP contribution in [0, 0.1) is 23.5 Å². The Morgan fingerprint density at radius 1 is 1.24 bits per heavy atom. The van der Waals surface area contributed by atoms with E-state index in [4.69, 9.17) is 4.52 Å². The fourth-order valence-corrected chi connectivity index (χ4v) is 3.57. The van der Waals surface area contributed by atoms with Crippen LogP contribution < -0.4 is 0 Å². The number of benzene rings is 1. The molecule has 1 aromatic heterocycles. The Hall–Kier alpha value is -2.81. The van der Waals surface area contributed by atoms with Gasteiger partial charge in [-0.3, -0.25) is 14.6 Å². The van der Waals surface area contributed by atoms with E-state index in [1.807, 2.05) is 0 Å². The first-order valence-electron chi connectivity index (χ1n) is 9.64. The van der Waals surface area contributed by atoms with Crippen molar-refractivity contribution in [2.45, 2.75) is 25.7 Å². The normalized spacial score (nSPS) is 19.9. The molecule has 1 aliphatic heterocycles. The van der Waals surface area contributed by atoms with E-state index in [1.165, 1.54) is 12.1 Å². The van der Waals surface area contributed by atoms with Gasteiger partial charge in [-0.25, -0.2) is 13.8 Å². The molecule has 1 N–H and O–H groups in total. The molecule has 154 valence electrons. The SMILES string of the molecule is O=C(O)[C@@H]1CCCN(N(CC2CC2)C(=O)c2cc(-c3ccc(F)cc3F)on2)C1. The Morgan fingerprint density at radius 3 is 2.72 bits per heavy atom. The third kappa shape index (κ3) is 4.29. The Bertz CT molecular complexity index is 928. The first kappa shape index (κ1) is 19.5. The van der Waals surface area contributed by atoms with Crippen molar-refractivity contribution in [1.82, 2.24) is 15.2 Å². The maximum Gasteiger partial charge on any atom is 0.307 e. The molecule has 2 fully saturated rings. The van der Waals surface area contributed by atoms with Crippen molar-refractivity contribution in [1.29, 1.82) is 0 Å². The highest BCUT2D eigenvalue weighted by atomic mass is 19.1. The van der Waals surface area contributed by atoms with Gasteiger partial charge in [-0.2, -0.15) is 0 Å². The minimum Gasteiger partial charge on any atom is -0.481 e. The second kappa shape index (κ2) is 7.90. The lowest BCUT2D eigenvalue weighted by Crippen LogP contribution is -2.52. The number of piperidine rings is 1. The van der Waals surface area contributed by atoms with Crippen molar-refractivity contribution in [2.75, 3.05) is 19.6 Å². The Labute approximate surface area is 165 Å². The van der Waals surface area contributed by atoms with Gasteiger partial charge in [-0.05, 0) is 43.7 Å². The highest BCUT2D eigenvalue weighted by Gasteiger charge is 2.36. The number of hydrogen-bond acceptors (Lipinski definition) is 5. The maximum atomic E-state index is 14.0. The molecule has 1 amide bonds. The molecular formula is C20H21F2N3O4. The van der Waals surface area contributed by atoms with Crippen molar-refractivity contribution in [2.24, 2.45) is 11.8 Å². The Morgan fingerprint density at radius 2 is 2.03 bits per heavy atom. The summed E-state index contributed by atoms with van der Waals surface area (Å²) in [7, 11) is 0. The first-order chi connectivity index (χ1) is 13.9. The van der Waals surface area contributed by atoms with E-state index < -0.39 is 29.4 Å². The molecule has 1 aromatic carbocycles. The molecule has 2 aromatic rings. The van der Waals surface area contributed by atoms with Gasteiger partial charge in [-0.15, -0.1) is 0 Å². The summed E-state index contributed by atoms with van der Waals surface area (Å²) in [4.78, 5) is 24.5. The number of nitrogens with zero attached hydrogens (tertiary/aromatic N) is 3. The van der Waals surface area contributed by atoms with Gasteiger partial charge < -0.3 is 9.63 Å². The Kier molecular flexibility index (Phi) is 5.31. The van der Waals surface area contributed by atoms with E-state index in [-0.39, 0.29) is 23.6 Å². The van der Waals surface area contributed by atoms with Crippen molar-refractivity contribution in [3.8, 4) is 11.3 Å². The van der Waals surface area contributed by atoms with Gasteiger partial charge >= 0.3 is 5.97 Å². The summed E-state index contributed by atoms with van der Waals surface area (Å²) in [6, 6.07) is 4.39. The van der Waals surface area contributed by atoms with Crippen LogP contribution in [-0.2, 0) is 4.79 Å². The predicted molar refractivity (Wildman–Crippen MR) is 97.5 cm³/mol. The minimum atomic E-state index is -0.871. The minimum absolute atomic E-state index is 0.00169. The highest BCUT2D eigenvalue weighted by molar-refractivity contribution is 5.93. The van der Waals surface area contributed by atoms with Gasteiger partial charge in [-0.1, -0.05) is 5.16 Å². The van der Waals surface area contributed by atoms with Gasteiger partial charge in [0.1, 0.15) is 11.6 Å². The van der Waals surface area contributed by atoms with Crippen LogP contribution >= 0.6 is 0 Å². The third-order valence-electron chi connectivity index (χ3n) is 5.38. The summed E-state index contributed by atoms with van der Waals surface area (Å²) in [5.74, 6) is -2.93. The fraction of sp³-hybridized carbons (Fsp3) is 0.450. The van der Waals surface area contributed by atoms with E-state index in [1.54, 1.807) is 10.0 Å². The van der Waals surface area contributed by atoms with Crippen LogP contribution in [0.5, 0.6) is 0 Å². The molecule has 4 rings (SSSR count). The highest BCUT2D eigenvalue weighted by Crippen LogP contribution is 2.32. The van der Waals surface area contributed by atoms with Crippen LogP contribution in [-0.4, -0.2) is 51.8 Å². The number of carbonyl (C=O) groups excluding carboxylic acids is 1. The maximum absolute atomic E-state index is 14.0. The van der Waals surface area contributed by atoms with E-state index >= 15 is 0 Å². The third-order valence-corrected chi connectivity index (χ3v) is 5.38. The number of amides is 1. The standard InChI is InChI=1S/C20H21F2N3O4/c21-14-5-6-15(16(22)8-14)18-9-17(23-29-18)19(26)25(10-12-3-4-12)24-7-1-2-13(11-24)20(27)28/h5-6,8-9,12-13H,1-4,7,10-11H2,(H,27,28)/t13-/m1/s1. The molecule has 7 nitrogen and oxygen atoms in total. The number of halogens is 2. The molecule has 1 saturated heterocycles. The lowest BCUT2D eigenvalue weighted by Gasteiger charge is -2.39. The monoisotopic (exact) mass is 405 g/mol. The molecule has 9 heteroatoms. The lowest BCUT2D eigenvalue weighted by atomic mass is 9.99. The lowest BCUT2D eigenvalue weighted by molar-refractivity contribution is -0.146. The van der Waals surface area contributed by atoms with Gasteiger partial charge in [0, 0.05) is 31.8 Å². The summed E-state index contributed by atoms with van der Waals surface area (Å²) in [6.07, 6.45) is 3.29. The molecule has 2 heterocycles. The Balaban J connectivity index is 1.56. The molecule has 1 atom stereocenters. The average Bonchev–Trinajstić information content (AvgIpc) is 3.39. The summed E-state index contributed by atoms with van der Waals surface area (Å²) in [5.41, 5.74) is 0.0115. The van der Waals surface area contributed by atoms with E-state index in [9.17, 15) is 23.5 Å². The molecule has 29 heavy (non-hydrogen) atoms. The number of hydrazine groups is 1. The van der Waals surface area contributed by atoms with Crippen molar-refractivity contribution < 1.29 is 28.0 Å². The van der Waals surface area contributed by atoms with Gasteiger partial charge in [0.2, 0.25) is 0 Å². The van der Waals surface area contributed by atoms with Crippen LogP contribution in [0.3, 0.4) is 0 Å². The fourth-order valence-electron chi connectivity index (χ4n) is 3.57. The summed E-state index contributed by atoms with van der Waals surface area (Å²) in [6.45, 7) is 1.32. The van der Waals surface area contributed by atoms with Crippen LogP contribution in [0.4, 0.5) is 8.78 Å². The second-order valence-electron chi connectivity index (χ2n) is 7.62. The van der Waals surface area contributed by atoms with E-state index in [0.29, 0.717) is 31.8 Å². The van der Waals surface area contributed by atoms with Crippen LogP contribution in [0.25, 0.3) is 11.3 Å². The van der Waals surface area contributed by atoms with Crippen molar-refractivity contribution in [3.63, 3.8) is 0 Å². The molecule has 0 bridgehead atoms. The number of aliphatic carboxylic acids is 1. The van der Waals surface area contributed by atoms with E-state index in [0.717, 1.165) is 25.0 Å². The molecule has 1 aliphatic carbocycles. The number of aromatic nitrogens is 1. The quantitative estimate of drug-likeness (QED) is 0.794. The van der Waals surface area contributed by atoms with Gasteiger partial charge in [0.25, 0.3) is 5.91 Å². The molecule has 0 unspecified atom stereocenters. The number of rotatable bonds is 6. The largest absolute Gasteiger partial charge is 0.481 e. The van der Waals surface area contributed by atoms with Crippen molar-refractivity contribution in [3.05, 3.63) is 41.6 Å². The zero-order valence-electron chi connectivity index (χ0n) is 15.7. The summed E-state index contributed by atoms with van der Waals surface area (Å²) in [5, 5.41) is 16.5. The second-order valence-corrected chi connectivity index (χ2v) is 7.62. The van der Waals surface area contributed by atoms with Crippen LogP contribution in [0.2, 0.25) is 0 Å². The predicted octanol–water partition coefficient (Wildman–Crippen LogP) is 3.18. The summed E-state index contributed by atoms with van der Waals surface area (Å²) >= 11 is 0. The smallest absolute Gasteiger partial charge is 0.307 e. The molecule has 1 saturated carbocycles. The number of carboxylic acids is 1. The first-order valence-corrected chi connectivity index (χ1v) is 9.64. The van der Waals surface area contributed by atoms with Crippen molar-refractivity contribution >= 4 is 11.9 Å². The molecular weight excluding hydrogens is 384 g/mol. The number of carbonyl (C=O) groups is 2. The number of hydrogen-bond donors (Lipinski definition) is 1. The zero-order valence-corrected chi connectivity index (χ0v) is 15.7. The molecule has 2 aliphatic rings. The number of carboxylic acid groups (broad SMARTS) is 1. The average molecular weight is 405 g/mol. The van der Waals surface area contributed by atoms with E-state index in [2.05, 4.69) is 5.16 Å².